The zero-order valence-electron chi connectivity index (χ0n) is 22.4. The first-order valence-corrected chi connectivity index (χ1v) is 15.3. The fraction of sp³-hybridized carbons (Fsp3) is 0.500. The summed E-state index contributed by atoms with van der Waals surface area (Å²) in [6, 6.07) is 13.6. The molecule has 208 valence electrons. The summed E-state index contributed by atoms with van der Waals surface area (Å²) in [4.78, 5) is 28.7. The molecule has 1 atom stereocenters. The second kappa shape index (κ2) is 13.8. The molecule has 0 bridgehead atoms. The van der Waals surface area contributed by atoms with Crippen LogP contribution in [0.4, 0.5) is 5.69 Å². The normalized spacial score (nSPS) is 14.9. The molecule has 0 saturated heterocycles. The molecule has 38 heavy (non-hydrogen) atoms. The third-order valence-electron chi connectivity index (χ3n) is 6.92. The number of hydrogen-bond donors (Lipinski definition) is 1. The Hall–Kier alpha value is -2.78. The first-order chi connectivity index (χ1) is 18.1. The van der Waals surface area contributed by atoms with Crippen molar-refractivity contribution in [3.8, 4) is 5.75 Å². The Kier molecular flexibility index (Phi) is 10.8. The van der Waals surface area contributed by atoms with E-state index in [4.69, 9.17) is 16.3 Å². The number of sulfonamides is 1. The molecule has 1 aliphatic rings. The maximum Gasteiger partial charge on any atom is 0.244 e. The molecule has 10 heteroatoms. The molecule has 1 unspecified atom stereocenters. The van der Waals surface area contributed by atoms with E-state index in [9.17, 15) is 18.0 Å². The Morgan fingerprint density at radius 1 is 1.11 bits per heavy atom. The van der Waals surface area contributed by atoms with Gasteiger partial charge in [-0.05, 0) is 49.4 Å². The van der Waals surface area contributed by atoms with Crippen molar-refractivity contribution in [2.24, 2.45) is 0 Å². The lowest BCUT2D eigenvalue weighted by Crippen LogP contribution is -2.54. The Bertz CT molecular complexity index is 1190. The standard InChI is InChI=1S/C28H38ClN3O5S/c1-4-25(28(34)30-22-13-9-6-10-14-22)31(18-17-21-11-7-5-8-12-21)27(33)20-32(38(3,35)36)23-15-16-26(37-2)24(29)19-23/h5,7-8,11-12,15-16,19,22,25H,4,6,9-10,13-14,17-18,20H2,1-3H3,(H,30,34). The quantitative estimate of drug-likeness (QED) is 0.412. The molecule has 2 aromatic rings. The number of methoxy groups -OCH3 is 1. The van der Waals surface area contributed by atoms with Gasteiger partial charge in [-0.1, -0.05) is 68.1 Å². The van der Waals surface area contributed by atoms with E-state index < -0.39 is 28.5 Å². The lowest BCUT2D eigenvalue weighted by Gasteiger charge is -2.34. The van der Waals surface area contributed by atoms with Crippen molar-refractivity contribution < 1.29 is 22.7 Å². The Morgan fingerprint density at radius 3 is 2.37 bits per heavy atom. The zero-order chi connectivity index (χ0) is 27.7. The SMILES string of the molecule is CCC(C(=O)NC1CCCCC1)N(CCc1ccccc1)C(=O)CN(c1ccc(OC)c(Cl)c1)S(C)(=O)=O. The van der Waals surface area contributed by atoms with Crippen LogP contribution in [0.5, 0.6) is 5.75 Å². The van der Waals surface area contributed by atoms with Crippen molar-refractivity contribution >= 4 is 39.1 Å². The number of rotatable bonds is 12. The predicted octanol–water partition coefficient (Wildman–Crippen LogP) is 4.41. The van der Waals surface area contributed by atoms with E-state index in [0.717, 1.165) is 41.8 Å². The minimum atomic E-state index is -3.84. The number of ether oxygens (including phenoxy) is 1. The summed E-state index contributed by atoms with van der Waals surface area (Å²) in [5.74, 6) is -0.256. The van der Waals surface area contributed by atoms with Crippen LogP contribution in [0.3, 0.4) is 0 Å². The number of carbonyl (C=O) groups is 2. The minimum Gasteiger partial charge on any atom is -0.495 e. The number of halogens is 1. The number of carbonyl (C=O) groups excluding carboxylic acids is 2. The molecular weight excluding hydrogens is 526 g/mol. The fourth-order valence-electron chi connectivity index (χ4n) is 4.86. The van der Waals surface area contributed by atoms with Crippen molar-refractivity contribution in [1.29, 1.82) is 0 Å². The van der Waals surface area contributed by atoms with Gasteiger partial charge in [-0.3, -0.25) is 13.9 Å². The van der Waals surface area contributed by atoms with E-state index in [-0.39, 0.29) is 29.2 Å². The molecular formula is C28H38ClN3O5S. The summed E-state index contributed by atoms with van der Waals surface area (Å²) in [5.41, 5.74) is 1.27. The molecule has 8 nitrogen and oxygen atoms in total. The molecule has 2 aromatic carbocycles. The molecule has 0 spiro atoms. The topological polar surface area (TPSA) is 96.0 Å². The van der Waals surface area contributed by atoms with Gasteiger partial charge in [0.05, 0.1) is 24.1 Å². The summed E-state index contributed by atoms with van der Waals surface area (Å²) in [6.07, 6.45) is 7.17. The lowest BCUT2D eigenvalue weighted by atomic mass is 9.95. The van der Waals surface area contributed by atoms with Gasteiger partial charge in [-0.2, -0.15) is 0 Å². The maximum absolute atomic E-state index is 13.8. The highest BCUT2D eigenvalue weighted by Gasteiger charge is 2.32. The van der Waals surface area contributed by atoms with Crippen molar-refractivity contribution in [2.75, 3.05) is 30.8 Å². The van der Waals surface area contributed by atoms with Gasteiger partial charge in [-0.15, -0.1) is 0 Å². The number of anilines is 1. The first kappa shape index (κ1) is 29.8. The lowest BCUT2D eigenvalue weighted by molar-refractivity contribution is -0.140. The average molecular weight is 564 g/mol. The molecule has 1 N–H and O–H groups in total. The van der Waals surface area contributed by atoms with Gasteiger partial charge in [0.2, 0.25) is 21.8 Å². The van der Waals surface area contributed by atoms with Gasteiger partial charge in [0, 0.05) is 12.6 Å². The third kappa shape index (κ3) is 8.11. The van der Waals surface area contributed by atoms with Crippen molar-refractivity contribution in [3.63, 3.8) is 0 Å². The van der Waals surface area contributed by atoms with Crippen LogP contribution in [0, 0.1) is 0 Å². The second-order valence-electron chi connectivity index (χ2n) is 9.68. The van der Waals surface area contributed by atoms with E-state index in [2.05, 4.69) is 5.32 Å². The van der Waals surface area contributed by atoms with Gasteiger partial charge >= 0.3 is 0 Å². The van der Waals surface area contributed by atoms with Crippen molar-refractivity contribution in [2.45, 2.75) is 64.0 Å². The van der Waals surface area contributed by atoms with Crippen LogP contribution in [-0.2, 0) is 26.0 Å². The number of benzene rings is 2. The first-order valence-electron chi connectivity index (χ1n) is 13.1. The van der Waals surface area contributed by atoms with E-state index in [1.54, 1.807) is 12.1 Å². The summed E-state index contributed by atoms with van der Waals surface area (Å²) in [5, 5.41) is 3.37. The molecule has 0 aromatic heterocycles. The highest BCUT2D eigenvalue weighted by atomic mass is 35.5. The summed E-state index contributed by atoms with van der Waals surface area (Å²) < 4.78 is 31.7. The summed E-state index contributed by atoms with van der Waals surface area (Å²) >= 11 is 6.25. The monoisotopic (exact) mass is 563 g/mol. The molecule has 0 aliphatic heterocycles. The smallest absolute Gasteiger partial charge is 0.244 e. The number of hydrogen-bond acceptors (Lipinski definition) is 5. The van der Waals surface area contributed by atoms with Gasteiger partial charge in [0.15, 0.2) is 0 Å². The van der Waals surface area contributed by atoms with Gasteiger partial charge < -0.3 is 15.0 Å². The van der Waals surface area contributed by atoms with Crippen LogP contribution < -0.4 is 14.4 Å². The molecule has 1 saturated carbocycles. The number of nitrogens with zero attached hydrogens (tertiary/aromatic N) is 2. The fourth-order valence-corrected chi connectivity index (χ4v) is 5.96. The molecule has 1 aliphatic carbocycles. The average Bonchev–Trinajstić information content (AvgIpc) is 2.90. The maximum atomic E-state index is 13.8. The van der Waals surface area contributed by atoms with E-state index in [0.29, 0.717) is 18.6 Å². The van der Waals surface area contributed by atoms with Gasteiger partial charge in [-0.25, -0.2) is 8.42 Å². The highest BCUT2D eigenvalue weighted by Crippen LogP contribution is 2.30. The Morgan fingerprint density at radius 2 is 1.79 bits per heavy atom. The summed E-state index contributed by atoms with van der Waals surface area (Å²) in [7, 11) is -2.37. The van der Waals surface area contributed by atoms with E-state index in [1.165, 1.54) is 24.5 Å². The third-order valence-corrected chi connectivity index (χ3v) is 8.36. The second-order valence-corrected chi connectivity index (χ2v) is 12.0. The van der Waals surface area contributed by atoms with Crippen molar-refractivity contribution in [3.05, 3.63) is 59.1 Å². The van der Waals surface area contributed by atoms with E-state index >= 15 is 0 Å². The van der Waals surface area contributed by atoms with Crippen LogP contribution in [-0.4, -0.2) is 63.7 Å². The largest absolute Gasteiger partial charge is 0.495 e. The van der Waals surface area contributed by atoms with Crippen LogP contribution in [0.15, 0.2) is 48.5 Å². The number of nitrogens with one attached hydrogen (secondary N) is 1. The Balaban J connectivity index is 1.87. The van der Waals surface area contributed by atoms with E-state index in [1.807, 2.05) is 37.3 Å². The summed E-state index contributed by atoms with van der Waals surface area (Å²) in [6.45, 7) is 1.69. The van der Waals surface area contributed by atoms with Crippen LogP contribution in [0.1, 0.15) is 51.0 Å². The minimum absolute atomic E-state index is 0.102. The molecule has 3 rings (SSSR count). The predicted molar refractivity (Wildman–Crippen MR) is 151 cm³/mol. The molecule has 1 fully saturated rings. The van der Waals surface area contributed by atoms with Crippen LogP contribution in [0.25, 0.3) is 0 Å². The van der Waals surface area contributed by atoms with Crippen LogP contribution >= 0.6 is 11.6 Å². The van der Waals surface area contributed by atoms with Crippen LogP contribution in [0.2, 0.25) is 5.02 Å². The van der Waals surface area contributed by atoms with Crippen molar-refractivity contribution in [1.82, 2.24) is 10.2 Å². The highest BCUT2D eigenvalue weighted by molar-refractivity contribution is 7.92. The van der Waals surface area contributed by atoms with Gasteiger partial charge in [0.25, 0.3) is 0 Å². The molecule has 2 amide bonds. The zero-order valence-corrected chi connectivity index (χ0v) is 23.9. The van der Waals surface area contributed by atoms with Gasteiger partial charge in [0.1, 0.15) is 18.3 Å². The Labute approximate surface area is 231 Å². The number of amides is 2. The molecule has 0 heterocycles. The molecule has 0 radical (unpaired) electrons.